The second-order valence-corrected chi connectivity index (χ2v) is 30.8. The Morgan fingerprint density at radius 1 is 0.643 bits per heavy atom. The highest BCUT2D eigenvalue weighted by Crippen LogP contribution is 2.44. The van der Waals surface area contributed by atoms with Gasteiger partial charge in [-0.15, -0.1) is 11.6 Å². The van der Waals surface area contributed by atoms with Gasteiger partial charge in [0.25, 0.3) is 0 Å². The predicted octanol–water partition coefficient (Wildman–Crippen LogP) is 6.75. The van der Waals surface area contributed by atoms with E-state index in [1.807, 2.05) is 34.6 Å². The van der Waals surface area contributed by atoms with Gasteiger partial charge in [0.1, 0.15) is 53.9 Å². The maximum absolute atomic E-state index is 15.4. The molecule has 3 N–H and O–H groups in total. The normalized spacial score (nSPS) is 32.7. The lowest BCUT2D eigenvalue weighted by Crippen LogP contribution is -2.68. The molecule has 0 aromatic heterocycles. The second kappa shape index (κ2) is 35.2. The van der Waals surface area contributed by atoms with Gasteiger partial charge in [-0.3, -0.25) is 52.7 Å². The lowest BCUT2D eigenvalue weighted by Gasteiger charge is -2.46. The standard InChI is InChI=1S/C71H117ClF3N11O12/c1-17-43(8)59-67(95)81(14)46(11)63(91)85-33-30-53(85)66(94)84(19-3)56(37-48-24-22-42(7)23-25-48)65(93)79(12)40-57(87)76-52(29-27-47-26-28-50(51(72)36-47)71(73,74)75)64(92)86-39-49(98-20-4)38-55(86)62(90)78-70(31-21-32-70)69(97)83(16)60(44(9)18-2)68(96)80(13)45(10)35-58(88)82(15)54(34-41(5)6)61(89)77-59/h41-56,59-60H,17-40H2,1-16H3,(H,76,87)(H,77,89)(H,78,90)/t42?,43-,44-,45+,46-,47?,48?,49+,50?,51?,52-,53-,54-,55-,56-,59-,60-/m0/s1. The first-order valence-electron chi connectivity index (χ1n) is 36.4. The topological polar surface area (TPSA) is 259 Å². The first-order chi connectivity index (χ1) is 46.0. The van der Waals surface area contributed by atoms with Crippen molar-refractivity contribution in [1.82, 2.24) is 55.1 Å². The number of nitrogens with one attached hydrogen (secondary N) is 3. The summed E-state index contributed by atoms with van der Waals surface area (Å²) in [6.07, 6.45) is 0.528. The van der Waals surface area contributed by atoms with E-state index in [4.69, 9.17) is 16.3 Å². The summed E-state index contributed by atoms with van der Waals surface area (Å²) >= 11 is 6.43. The Kier molecular flexibility index (Phi) is 29.2. The number of hydrogen-bond acceptors (Lipinski definition) is 12. The molecule has 0 aromatic carbocycles. The number of carbonyl (C=O) groups is 11. The summed E-state index contributed by atoms with van der Waals surface area (Å²) in [5.41, 5.74) is -1.51. The zero-order valence-corrected chi connectivity index (χ0v) is 62.1. The Balaban J connectivity index is 1.42. The predicted molar refractivity (Wildman–Crippen MR) is 365 cm³/mol. The van der Waals surface area contributed by atoms with E-state index in [1.54, 1.807) is 41.7 Å². The largest absolute Gasteiger partial charge is 0.393 e. The maximum atomic E-state index is 15.4. The molecule has 0 bridgehead atoms. The zero-order chi connectivity index (χ0) is 73.2. The van der Waals surface area contributed by atoms with Crippen molar-refractivity contribution in [1.29, 1.82) is 0 Å². The Hall–Kier alpha value is -5.79. The van der Waals surface area contributed by atoms with Crippen molar-refractivity contribution < 1.29 is 70.6 Å². The van der Waals surface area contributed by atoms with E-state index in [9.17, 15) is 41.9 Å². The van der Waals surface area contributed by atoms with E-state index in [-0.39, 0.29) is 121 Å². The Bertz CT molecular complexity index is 2820. The van der Waals surface area contributed by atoms with Gasteiger partial charge in [-0.25, -0.2) is 0 Å². The van der Waals surface area contributed by atoms with Gasteiger partial charge < -0.3 is 59.9 Å². The van der Waals surface area contributed by atoms with E-state index in [0.29, 0.717) is 25.2 Å². The van der Waals surface area contributed by atoms with Crippen LogP contribution in [0.15, 0.2) is 0 Å². The molecule has 3 aliphatic heterocycles. The van der Waals surface area contributed by atoms with Gasteiger partial charge in [0.2, 0.25) is 65.0 Å². The van der Waals surface area contributed by atoms with Crippen LogP contribution in [-0.2, 0) is 57.5 Å². The molecule has 6 fully saturated rings. The van der Waals surface area contributed by atoms with Crippen LogP contribution in [0.1, 0.15) is 198 Å². The average Bonchev–Trinajstić information content (AvgIpc) is 0.980. The Morgan fingerprint density at radius 3 is 1.82 bits per heavy atom. The van der Waals surface area contributed by atoms with Crippen LogP contribution in [0, 0.1) is 41.4 Å². The monoisotopic (exact) mass is 1410 g/mol. The Morgan fingerprint density at radius 2 is 1.28 bits per heavy atom. The van der Waals surface area contributed by atoms with Crippen LogP contribution in [-0.4, -0.2) is 250 Å². The summed E-state index contributed by atoms with van der Waals surface area (Å²) in [4.78, 5) is 175. The number of fused-ring (bicyclic) bond motifs is 2. The molecule has 6 aliphatic rings. The van der Waals surface area contributed by atoms with Crippen LogP contribution in [0.4, 0.5) is 13.2 Å². The number of halogens is 4. The van der Waals surface area contributed by atoms with E-state index in [2.05, 4.69) is 22.9 Å². The molecule has 0 aromatic rings. The average molecular weight is 1410 g/mol. The number of nitrogens with zero attached hydrogens (tertiary/aromatic N) is 8. The van der Waals surface area contributed by atoms with Crippen molar-refractivity contribution in [2.75, 3.05) is 68.0 Å². The van der Waals surface area contributed by atoms with Gasteiger partial charge in [0, 0.05) is 85.7 Å². The summed E-state index contributed by atoms with van der Waals surface area (Å²) in [6.45, 7) is 19.8. The smallest absolute Gasteiger partial charge is 0.377 e. The van der Waals surface area contributed by atoms with Crippen LogP contribution in [0.5, 0.6) is 0 Å². The fourth-order valence-corrected chi connectivity index (χ4v) is 16.0. The number of carbonyl (C=O) groups excluding carboxylic acids is 11. The number of hydrogen-bond donors (Lipinski definition) is 3. The van der Waals surface area contributed by atoms with Gasteiger partial charge in [0.15, 0.2) is 0 Å². The summed E-state index contributed by atoms with van der Waals surface area (Å²) in [5, 5.41) is 7.61. The van der Waals surface area contributed by atoms with Gasteiger partial charge in [-0.2, -0.15) is 13.2 Å². The number of rotatable bonds is 14. The Labute approximate surface area is 585 Å². The highest BCUT2D eigenvalue weighted by Gasteiger charge is 2.54. The van der Waals surface area contributed by atoms with Crippen LogP contribution >= 0.6 is 11.6 Å². The molecule has 3 saturated heterocycles. The molecule has 3 unspecified atom stereocenters. The highest BCUT2D eigenvalue weighted by molar-refractivity contribution is 6.20. The van der Waals surface area contributed by atoms with E-state index in [0.717, 1.165) is 25.7 Å². The van der Waals surface area contributed by atoms with Crippen molar-refractivity contribution >= 4 is 76.6 Å². The first-order valence-corrected chi connectivity index (χ1v) is 36.9. The molecular weight excluding hydrogens is 1290 g/mol. The second-order valence-electron chi connectivity index (χ2n) is 30.2. The van der Waals surface area contributed by atoms with Crippen LogP contribution in [0.3, 0.4) is 0 Å². The minimum Gasteiger partial charge on any atom is -0.377 e. The first kappa shape index (κ1) is 81.2. The third-order valence-electron chi connectivity index (χ3n) is 22.9. The molecule has 3 heterocycles. The molecule has 1 spiro atoms. The summed E-state index contributed by atoms with van der Waals surface area (Å²) in [5.74, 6) is -8.96. The van der Waals surface area contributed by atoms with Crippen molar-refractivity contribution in [2.45, 2.75) is 276 Å². The summed E-state index contributed by atoms with van der Waals surface area (Å²) < 4.78 is 48.2. The number of ether oxygens (including phenoxy) is 1. The van der Waals surface area contributed by atoms with E-state index < -0.39 is 167 Å². The molecule has 3 saturated carbocycles. The molecular formula is C71H117ClF3N11O12. The third kappa shape index (κ3) is 19.2. The lowest BCUT2D eigenvalue weighted by atomic mass is 9.74. The minimum atomic E-state index is -4.51. The van der Waals surface area contributed by atoms with Crippen molar-refractivity contribution in [3.05, 3.63) is 0 Å². The van der Waals surface area contributed by atoms with Gasteiger partial charge in [-0.05, 0) is 134 Å². The molecule has 11 amide bonds. The number of likely N-dealkylation sites (N-methyl/N-ethyl adjacent to an activating group) is 6. The van der Waals surface area contributed by atoms with Gasteiger partial charge in [0.05, 0.1) is 18.6 Å². The van der Waals surface area contributed by atoms with Crippen LogP contribution < -0.4 is 16.0 Å². The molecule has 0 radical (unpaired) electrons. The highest BCUT2D eigenvalue weighted by atomic mass is 35.5. The van der Waals surface area contributed by atoms with Crippen LogP contribution in [0.2, 0.25) is 0 Å². The van der Waals surface area contributed by atoms with Gasteiger partial charge >= 0.3 is 6.18 Å². The minimum absolute atomic E-state index is 0.00131. The molecule has 23 nitrogen and oxygen atoms in total. The molecule has 6 rings (SSSR count). The summed E-state index contributed by atoms with van der Waals surface area (Å²) in [7, 11) is 7.45. The van der Waals surface area contributed by atoms with Crippen LogP contribution in [0.25, 0.3) is 0 Å². The van der Waals surface area contributed by atoms with Crippen molar-refractivity contribution in [3.63, 3.8) is 0 Å². The van der Waals surface area contributed by atoms with E-state index >= 15 is 24.0 Å². The van der Waals surface area contributed by atoms with E-state index in [1.165, 1.54) is 67.4 Å². The molecule has 3 aliphatic carbocycles. The van der Waals surface area contributed by atoms with Crippen molar-refractivity contribution in [3.8, 4) is 0 Å². The molecule has 15 atom stereocenters. The number of alkyl halides is 4. The number of amides is 11. The fourth-order valence-electron chi connectivity index (χ4n) is 15.5. The SMILES string of the molecule is CCO[C@@H]1C[C@H]2C(=O)NC3(CCC3)C(=O)N(C)[C@@H]([C@@H](C)CC)C(=O)N(C)[C@H](C)CC(=O)N(C)[C@@H](CC(C)C)C(=O)N[C@@H]([C@@H](C)CC)C(=O)N(C)[C@@H](C)C(=O)N3CC[C@H]3C(=O)N(CC)[C@@H](CC3CCC(C)CC3)C(=O)N(C)CC(=O)N[C@@H](CCC3CCC(C(F)(F)F)C(Cl)C3)C(=O)N2C1. The molecule has 556 valence electrons. The maximum Gasteiger partial charge on any atom is 0.393 e. The summed E-state index contributed by atoms with van der Waals surface area (Å²) in [6, 6.07) is -9.90. The molecule has 27 heteroatoms. The molecule has 98 heavy (non-hydrogen) atoms. The van der Waals surface area contributed by atoms with Crippen molar-refractivity contribution in [2.24, 2.45) is 41.4 Å². The lowest BCUT2D eigenvalue weighted by molar-refractivity contribution is -0.182. The zero-order valence-electron chi connectivity index (χ0n) is 61.4. The third-order valence-corrected chi connectivity index (χ3v) is 23.4. The fraction of sp³-hybridized carbons (Fsp3) is 0.845. The van der Waals surface area contributed by atoms with Gasteiger partial charge in [-0.1, -0.05) is 87.0 Å². The quantitative estimate of drug-likeness (QED) is 0.153.